The Labute approximate surface area is 107 Å². The number of benzene rings is 1. The number of carbonyl (C=O) groups is 2. The van der Waals surface area contributed by atoms with Crippen molar-refractivity contribution in [2.45, 2.75) is 6.92 Å². The van der Waals surface area contributed by atoms with E-state index in [9.17, 15) is 9.59 Å². The molecule has 1 aromatic rings. The molecule has 0 fully saturated rings. The smallest absolute Gasteiger partial charge is 0.313 e. The Balaban J connectivity index is 2.61. The summed E-state index contributed by atoms with van der Waals surface area (Å²) >= 11 is 3.34. The minimum atomic E-state index is -0.764. The molecule has 1 rings (SSSR count). The molecule has 3 N–H and O–H groups in total. The van der Waals surface area contributed by atoms with Crippen molar-refractivity contribution in [1.29, 1.82) is 0 Å². The maximum atomic E-state index is 11.4. The van der Waals surface area contributed by atoms with Crippen LogP contribution in [0.2, 0.25) is 0 Å². The number of hydrogen-bond donors (Lipinski definition) is 3. The number of aliphatic hydroxyl groups excluding tert-OH is 1. The van der Waals surface area contributed by atoms with Crippen molar-refractivity contribution in [2.24, 2.45) is 0 Å². The Bertz CT molecular complexity index is 435. The molecule has 0 heterocycles. The maximum Gasteiger partial charge on any atom is 0.313 e. The van der Waals surface area contributed by atoms with E-state index in [1.165, 1.54) is 0 Å². The summed E-state index contributed by atoms with van der Waals surface area (Å²) in [6.07, 6.45) is 0. The molecular weight excluding hydrogens is 288 g/mol. The second kappa shape index (κ2) is 6.36. The minimum absolute atomic E-state index is 0.0611. The Morgan fingerprint density at radius 2 is 2.06 bits per heavy atom. The first-order chi connectivity index (χ1) is 8.04. The molecular formula is C11H13BrN2O3. The van der Waals surface area contributed by atoms with Crippen molar-refractivity contribution < 1.29 is 14.7 Å². The van der Waals surface area contributed by atoms with Crippen molar-refractivity contribution in [3.05, 3.63) is 28.2 Å². The number of aliphatic hydroxyl groups is 1. The Hall–Kier alpha value is -1.40. The van der Waals surface area contributed by atoms with E-state index in [4.69, 9.17) is 5.11 Å². The van der Waals surface area contributed by atoms with Crippen molar-refractivity contribution >= 4 is 33.4 Å². The van der Waals surface area contributed by atoms with Crippen molar-refractivity contribution in [3.8, 4) is 0 Å². The summed E-state index contributed by atoms with van der Waals surface area (Å²) in [5, 5.41) is 13.2. The van der Waals surface area contributed by atoms with Crippen LogP contribution in [0.25, 0.3) is 0 Å². The SMILES string of the molecule is Cc1cc(NC(=O)C(=O)NCCO)ccc1Br. The average Bonchev–Trinajstić information content (AvgIpc) is 2.30. The predicted molar refractivity (Wildman–Crippen MR) is 67.6 cm³/mol. The highest BCUT2D eigenvalue weighted by atomic mass is 79.9. The first-order valence-electron chi connectivity index (χ1n) is 5.01. The van der Waals surface area contributed by atoms with Gasteiger partial charge in [-0.05, 0) is 30.7 Å². The standard InChI is InChI=1S/C11H13BrN2O3/c1-7-6-8(2-3-9(7)12)14-11(17)10(16)13-4-5-15/h2-3,6,15H,4-5H2,1H3,(H,13,16)(H,14,17). The highest BCUT2D eigenvalue weighted by molar-refractivity contribution is 9.10. The number of anilines is 1. The summed E-state index contributed by atoms with van der Waals surface area (Å²) in [6, 6.07) is 5.23. The van der Waals surface area contributed by atoms with E-state index in [2.05, 4.69) is 26.6 Å². The van der Waals surface area contributed by atoms with Gasteiger partial charge in [-0.1, -0.05) is 15.9 Å². The third-order valence-corrected chi connectivity index (χ3v) is 2.91. The fourth-order valence-corrected chi connectivity index (χ4v) is 1.41. The van der Waals surface area contributed by atoms with Gasteiger partial charge in [0.2, 0.25) is 0 Å². The van der Waals surface area contributed by atoms with Crippen LogP contribution in [0.3, 0.4) is 0 Å². The lowest BCUT2D eigenvalue weighted by molar-refractivity contribution is -0.136. The van der Waals surface area contributed by atoms with Gasteiger partial charge in [-0.2, -0.15) is 0 Å². The van der Waals surface area contributed by atoms with Gasteiger partial charge in [0.15, 0.2) is 0 Å². The number of hydrogen-bond acceptors (Lipinski definition) is 3. The highest BCUT2D eigenvalue weighted by Gasteiger charge is 2.12. The minimum Gasteiger partial charge on any atom is -0.395 e. The molecule has 6 heteroatoms. The van der Waals surface area contributed by atoms with Gasteiger partial charge in [-0.3, -0.25) is 9.59 Å². The maximum absolute atomic E-state index is 11.4. The van der Waals surface area contributed by atoms with Crippen LogP contribution >= 0.6 is 15.9 Å². The second-order valence-corrected chi connectivity index (χ2v) is 4.25. The topological polar surface area (TPSA) is 78.4 Å². The quantitative estimate of drug-likeness (QED) is 0.723. The number of halogens is 1. The molecule has 0 aliphatic carbocycles. The van der Waals surface area contributed by atoms with E-state index in [0.717, 1.165) is 10.0 Å². The molecule has 0 aliphatic rings. The molecule has 0 atom stereocenters. The second-order valence-electron chi connectivity index (χ2n) is 3.40. The molecule has 1 aromatic carbocycles. The fourth-order valence-electron chi connectivity index (χ4n) is 1.16. The molecule has 0 spiro atoms. The van der Waals surface area contributed by atoms with Gasteiger partial charge in [0.25, 0.3) is 0 Å². The summed E-state index contributed by atoms with van der Waals surface area (Å²) in [4.78, 5) is 22.6. The molecule has 0 saturated carbocycles. The average molecular weight is 301 g/mol. The Morgan fingerprint density at radius 1 is 1.35 bits per heavy atom. The van der Waals surface area contributed by atoms with Gasteiger partial charge in [-0.25, -0.2) is 0 Å². The lowest BCUT2D eigenvalue weighted by Crippen LogP contribution is -2.36. The molecule has 0 bridgehead atoms. The summed E-state index contributed by atoms with van der Waals surface area (Å²) in [6.45, 7) is 1.74. The van der Waals surface area contributed by atoms with E-state index in [1.807, 2.05) is 6.92 Å². The lowest BCUT2D eigenvalue weighted by Gasteiger charge is -2.07. The van der Waals surface area contributed by atoms with Gasteiger partial charge >= 0.3 is 11.8 Å². The third kappa shape index (κ3) is 4.16. The zero-order valence-corrected chi connectivity index (χ0v) is 10.9. The number of carbonyl (C=O) groups excluding carboxylic acids is 2. The van der Waals surface area contributed by atoms with E-state index < -0.39 is 11.8 Å². The summed E-state index contributed by atoms with van der Waals surface area (Å²) in [5.74, 6) is -1.51. The molecule has 2 amide bonds. The van der Waals surface area contributed by atoms with Crippen LogP contribution in [0.4, 0.5) is 5.69 Å². The number of rotatable bonds is 3. The van der Waals surface area contributed by atoms with E-state index in [-0.39, 0.29) is 13.2 Å². The third-order valence-electron chi connectivity index (χ3n) is 2.02. The van der Waals surface area contributed by atoms with Gasteiger partial charge in [-0.15, -0.1) is 0 Å². The Kier molecular flexibility index (Phi) is 5.11. The van der Waals surface area contributed by atoms with Gasteiger partial charge in [0.1, 0.15) is 0 Å². The number of nitrogens with one attached hydrogen (secondary N) is 2. The van der Waals surface area contributed by atoms with Crippen LogP contribution in [0.5, 0.6) is 0 Å². The first-order valence-corrected chi connectivity index (χ1v) is 5.80. The number of amides is 2. The van der Waals surface area contributed by atoms with E-state index in [1.54, 1.807) is 18.2 Å². The fraction of sp³-hybridized carbons (Fsp3) is 0.273. The van der Waals surface area contributed by atoms with Crippen molar-refractivity contribution in [2.75, 3.05) is 18.5 Å². The largest absolute Gasteiger partial charge is 0.395 e. The zero-order valence-electron chi connectivity index (χ0n) is 9.29. The first kappa shape index (κ1) is 13.7. The summed E-state index contributed by atoms with van der Waals surface area (Å²) < 4.78 is 0.931. The van der Waals surface area contributed by atoms with Crippen LogP contribution in [0.1, 0.15) is 5.56 Å². The van der Waals surface area contributed by atoms with E-state index >= 15 is 0 Å². The molecule has 5 nitrogen and oxygen atoms in total. The molecule has 0 aromatic heterocycles. The molecule has 0 radical (unpaired) electrons. The van der Waals surface area contributed by atoms with Gasteiger partial charge < -0.3 is 15.7 Å². The van der Waals surface area contributed by atoms with Crippen LogP contribution < -0.4 is 10.6 Å². The molecule has 0 saturated heterocycles. The molecule has 17 heavy (non-hydrogen) atoms. The Morgan fingerprint density at radius 3 is 2.65 bits per heavy atom. The van der Waals surface area contributed by atoms with Crippen LogP contribution in [0, 0.1) is 6.92 Å². The van der Waals surface area contributed by atoms with Crippen LogP contribution in [0.15, 0.2) is 22.7 Å². The molecule has 0 aliphatic heterocycles. The predicted octanol–water partition coefficient (Wildman–Crippen LogP) is 0.805. The van der Waals surface area contributed by atoms with Crippen molar-refractivity contribution in [1.82, 2.24) is 5.32 Å². The van der Waals surface area contributed by atoms with E-state index in [0.29, 0.717) is 5.69 Å². The van der Waals surface area contributed by atoms with Gasteiger partial charge in [0, 0.05) is 16.7 Å². The van der Waals surface area contributed by atoms with Gasteiger partial charge in [0.05, 0.1) is 6.61 Å². The highest BCUT2D eigenvalue weighted by Crippen LogP contribution is 2.19. The lowest BCUT2D eigenvalue weighted by atomic mass is 10.2. The number of aryl methyl sites for hydroxylation is 1. The monoisotopic (exact) mass is 300 g/mol. The van der Waals surface area contributed by atoms with Crippen LogP contribution in [-0.2, 0) is 9.59 Å². The van der Waals surface area contributed by atoms with Crippen LogP contribution in [-0.4, -0.2) is 30.1 Å². The molecule has 92 valence electrons. The zero-order chi connectivity index (χ0) is 12.8. The molecule has 0 unspecified atom stereocenters. The normalized spacial score (nSPS) is 9.82. The summed E-state index contributed by atoms with van der Waals surface area (Å²) in [7, 11) is 0. The van der Waals surface area contributed by atoms with Crippen molar-refractivity contribution in [3.63, 3.8) is 0 Å². The summed E-state index contributed by atoms with van der Waals surface area (Å²) in [5.41, 5.74) is 1.51.